The lowest BCUT2D eigenvalue weighted by atomic mass is 10.0. The third-order valence-corrected chi connectivity index (χ3v) is 4.46. The Bertz CT molecular complexity index is 807. The van der Waals surface area contributed by atoms with Crippen LogP contribution in [0.5, 0.6) is 11.5 Å². The molecule has 0 fully saturated rings. The Morgan fingerprint density at radius 3 is 2.17 bits per heavy atom. The Hall–Kier alpha value is -3.09. The van der Waals surface area contributed by atoms with Gasteiger partial charge >= 0.3 is 0 Å². The average Bonchev–Trinajstić information content (AvgIpc) is 2.72. The number of ether oxygens (including phenoxy) is 2. The quantitative estimate of drug-likeness (QED) is 0.700. The van der Waals surface area contributed by atoms with E-state index in [-0.39, 0.29) is 30.2 Å². The fourth-order valence-electron chi connectivity index (χ4n) is 2.66. The molecule has 0 radical (unpaired) electrons. The number of hydrogen-bond acceptors (Lipinski definition) is 4. The molecule has 1 atom stereocenters. The standard InChI is InChI=1S/C22H27FN2O4/c1-15(2)20(24-21(26)16-5-9-18(28-4)10-6-16)22(27)25(3)13-14-29-19-11-7-17(23)8-12-19/h5-12,15,20H,13-14H2,1-4H3,(H,24,26). The molecule has 6 nitrogen and oxygen atoms in total. The molecule has 0 heterocycles. The molecule has 0 saturated heterocycles. The Labute approximate surface area is 170 Å². The maximum absolute atomic E-state index is 12.9. The lowest BCUT2D eigenvalue weighted by Crippen LogP contribution is -2.50. The van der Waals surface area contributed by atoms with E-state index in [1.807, 2.05) is 13.8 Å². The van der Waals surface area contributed by atoms with E-state index in [0.29, 0.717) is 23.6 Å². The number of nitrogens with one attached hydrogen (secondary N) is 1. The summed E-state index contributed by atoms with van der Waals surface area (Å²) >= 11 is 0. The molecule has 29 heavy (non-hydrogen) atoms. The van der Waals surface area contributed by atoms with Crippen molar-refractivity contribution in [3.8, 4) is 11.5 Å². The van der Waals surface area contributed by atoms with Crippen LogP contribution < -0.4 is 14.8 Å². The summed E-state index contributed by atoms with van der Waals surface area (Å²) in [6.45, 7) is 4.34. The topological polar surface area (TPSA) is 67.9 Å². The van der Waals surface area contributed by atoms with Crippen LogP contribution >= 0.6 is 0 Å². The molecule has 2 aromatic carbocycles. The molecule has 0 spiro atoms. The highest BCUT2D eigenvalue weighted by molar-refractivity contribution is 5.97. The van der Waals surface area contributed by atoms with Gasteiger partial charge in [0.15, 0.2) is 0 Å². The summed E-state index contributed by atoms with van der Waals surface area (Å²) in [5.74, 6) is 0.224. The zero-order chi connectivity index (χ0) is 21.4. The summed E-state index contributed by atoms with van der Waals surface area (Å²) in [5.41, 5.74) is 0.451. The number of carbonyl (C=O) groups excluding carboxylic acids is 2. The van der Waals surface area contributed by atoms with Crippen molar-refractivity contribution in [2.75, 3.05) is 27.3 Å². The lowest BCUT2D eigenvalue weighted by Gasteiger charge is -2.27. The van der Waals surface area contributed by atoms with Gasteiger partial charge in [0.05, 0.1) is 13.7 Å². The van der Waals surface area contributed by atoms with E-state index >= 15 is 0 Å². The fraction of sp³-hybridized carbons (Fsp3) is 0.364. The fourth-order valence-corrected chi connectivity index (χ4v) is 2.66. The molecule has 1 unspecified atom stereocenters. The largest absolute Gasteiger partial charge is 0.497 e. The van der Waals surface area contributed by atoms with E-state index in [2.05, 4.69) is 5.32 Å². The maximum atomic E-state index is 12.9. The van der Waals surface area contributed by atoms with Gasteiger partial charge in [-0.15, -0.1) is 0 Å². The Morgan fingerprint density at radius 1 is 1.03 bits per heavy atom. The Balaban J connectivity index is 1.92. The van der Waals surface area contributed by atoms with E-state index in [1.165, 1.54) is 29.2 Å². The van der Waals surface area contributed by atoms with Crippen LogP contribution in [0.25, 0.3) is 0 Å². The first-order valence-corrected chi connectivity index (χ1v) is 9.40. The highest BCUT2D eigenvalue weighted by Gasteiger charge is 2.27. The van der Waals surface area contributed by atoms with E-state index in [1.54, 1.807) is 38.4 Å². The number of hydrogen-bond donors (Lipinski definition) is 1. The Kier molecular flexibility index (Phi) is 8.00. The van der Waals surface area contributed by atoms with Crippen molar-refractivity contribution < 1.29 is 23.5 Å². The minimum absolute atomic E-state index is 0.0924. The third kappa shape index (κ3) is 6.48. The van der Waals surface area contributed by atoms with Gasteiger partial charge in [0.1, 0.15) is 30.0 Å². The van der Waals surface area contributed by atoms with Crippen LogP contribution in [-0.4, -0.2) is 50.1 Å². The molecule has 0 aliphatic carbocycles. The van der Waals surface area contributed by atoms with E-state index in [4.69, 9.17) is 9.47 Å². The summed E-state index contributed by atoms with van der Waals surface area (Å²) in [6, 6.07) is 11.7. The van der Waals surface area contributed by atoms with Gasteiger partial charge in [-0.2, -0.15) is 0 Å². The smallest absolute Gasteiger partial charge is 0.251 e. The van der Waals surface area contributed by atoms with Crippen LogP contribution in [0.4, 0.5) is 4.39 Å². The maximum Gasteiger partial charge on any atom is 0.251 e. The first-order chi connectivity index (χ1) is 13.8. The molecular formula is C22H27FN2O4. The van der Waals surface area contributed by atoms with Crippen molar-refractivity contribution in [2.45, 2.75) is 19.9 Å². The predicted molar refractivity (Wildman–Crippen MR) is 109 cm³/mol. The van der Waals surface area contributed by atoms with Gasteiger partial charge < -0.3 is 19.7 Å². The van der Waals surface area contributed by atoms with E-state index in [9.17, 15) is 14.0 Å². The molecule has 2 rings (SSSR count). The number of likely N-dealkylation sites (N-methyl/N-ethyl adjacent to an activating group) is 1. The molecule has 0 saturated carbocycles. The van der Waals surface area contributed by atoms with Gasteiger partial charge in [0, 0.05) is 12.6 Å². The number of rotatable bonds is 9. The number of halogens is 1. The van der Waals surface area contributed by atoms with Crippen LogP contribution in [-0.2, 0) is 4.79 Å². The number of methoxy groups -OCH3 is 1. The summed E-state index contributed by atoms with van der Waals surface area (Å²) in [4.78, 5) is 26.9. The van der Waals surface area contributed by atoms with Gasteiger partial charge in [-0.3, -0.25) is 9.59 Å². The van der Waals surface area contributed by atoms with E-state index in [0.717, 1.165) is 0 Å². The molecule has 1 N–H and O–H groups in total. The van der Waals surface area contributed by atoms with Gasteiger partial charge in [0.2, 0.25) is 5.91 Å². The van der Waals surface area contributed by atoms with Gasteiger partial charge in [-0.25, -0.2) is 4.39 Å². The zero-order valence-corrected chi connectivity index (χ0v) is 17.1. The van der Waals surface area contributed by atoms with Crippen molar-refractivity contribution in [3.05, 3.63) is 59.9 Å². The molecule has 156 valence electrons. The van der Waals surface area contributed by atoms with Crippen LogP contribution in [0.2, 0.25) is 0 Å². The van der Waals surface area contributed by atoms with E-state index < -0.39 is 6.04 Å². The molecular weight excluding hydrogens is 375 g/mol. The molecule has 2 aromatic rings. The number of benzene rings is 2. The van der Waals surface area contributed by atoms with Crippen molar-refractivity contribution in [1.82, 2.24) is 10.2 Å². The highest BCUT2D eigenvalue weighted by atomic mass is 19.1. The molecule has 0 aliphatic rings. The van der Waals surface area contributed by atoms with Crippen LogP contribution in [0, 0.1) is 11.7 Å². The van der Waals surface area contributed by atoms with Crippen molar-refractivity contribution in [3.63, 3.8) is 0 Å². The van der Waals surface area contributed by atoms with Gasteiger partial charge in [-0.05, 0) is 54.4 Å². The predicted octanol–water partition coefficient (Wildman–Crippen LogP) is 3.13. The Morgan fingerprint density at radius 2 is 1.62 bits per heavy atom. The SMILES string of the molecule is COc1ccc(C(=O)NC(C(=O)N(C)CCOc2ccc(F)cc2)C(C)C)cc1. The number of amides is 2. The van der Waals surface area contributed by atoms with Crippen LogP contribution in [0.15, 0.2) is 48.5 Å². The molecule has 2 amide bonds. The van der Waals surface area contributed by atoms with Crippen LogP contribution in [0.1, 0.15) is 24.2 Å². The molecule has 0 bridgehead atoms. The summed E-state index contributed by atoms with van der Waals surface area (Å²) < 4.78 is 23.5. The van der Waals surface area contributed by atoms with Crippen molar-refractivity contribution in [2.24, 2.45) is 5.92 Å². The molecule has 0 aliphatic heterocycles. The minimum Gasteiger partial charge on any atom is -0.497 e. The average molecular weight is 402 g/mol. The third-order valence-electron chi connectivity index (χ3n) is 4.46. The van der Waals surface area contributed by atoms with Gasteiger partial charge in [0.25, 0.3) is 5.91 Å². The summed E-state index contributed by atoms with van der Waals surface area (Å²) in [6.07, 6.45) is 0. The zero-order valence-electron chi connectivity index (χ0n) is 17.1. The second kappa shape index (κ2) is 10.5. The molecule has 7 heteroatoms. The highest BCUT2D eigenvalue weighted by Crippen LogP contribution is 2.13. The van der Waals surface area contributed by atoms with Gasteiger partial charge in [-0.1, -0.05) is 13.8 Å². The minimum atomic E-state index is -0.666. The number of carbonyl (C=O) groups is 2. The molecule has 0 aromatic heterocycles. The number of nitrogens with zero attached hydrogens (tertiary/aromatic N) is 1. The van der Waals surface area contributed by atoms with Crippen molar-refractivity contribution in [1.29, 1.82) is 0 Å². The summed E-state index contributed by atoms with van der Waals surface area (Å²) in [7, 11) is 3.21. The van der Waals surface area contributed by atoms with Crippen LogP contribution in [0.3, 0.4) is 0 Å². The normalized spacial score (nSPS) is 11.7. The first-order valence-electron chi connectivity index (χ1n) is 9.40. The lowest BCUT2D eigenvalue weighted by molar-refractivity contribution is -0.133. The second-order valence-corrected chi connectivity index (χ2v) is 6.99. The first kappa shape index (κ1) is 22.2. The monoisotopic (exact) mass is 402 g/mol. The van der Waals surface area contributed by atoms with Crippen molar-refractivity contribution >= 4 is 11.8 Å². The summed E-state index contributed by atoms with van der Waals surface area (Å²) in [5, 5.41) is 2.81. The second-order valence-electron chi connectivity index (χ2n) is 6.99.